The summed E-state index contributed by atoms with van der Waals surface area (Å²) in [6, 6.07) is 4.02. The molecule has 0 saturated carbocycles. The molecule has 1 unspecified atom stereocenters. The van der Waals surface area contributed by atoms with E-state index in [1.165, 1.54) is 0 Å². The first-order valence-electron chi connectivity index (χ1n) is 4.00. The summed E-state index contributed by atoms with van der Waals surface area (Å²) < 4.78 is 5.16. The van der Waals surface area contributed by atoms with E-state index in [0.717, 1.165) is 13.0 Å². The highest BCUT2D eigenvalue weighted by Crippen LogP contribution is 2.35. The Labute approximate surface area is 72.6 Å². The molecule has 1 aliphatic heterocycles. The summed E-state index contributed by atoms with van der Waals surface area (Å²) in [5.41, 5.74) is -0.885. The average molecular weight is 164 g/mol. The Morgan fingerprint density at radius 2 is 2.00 bits per heavy atom. The monoisotopic (exact) mass is 164 g/mol. The SMILES string of the molecule is CC(C#N)(C#N)CCC1(C)CO1. The topological polar surface area (TPSA) is 60.1 Å². The quantitative estimate of drug-likeness (QED) is 0.595. The zero-order valence-electron chi connectivity index (χ0n) is 7.42. The molecule has 0 radical (unpaired) electrons. The molecule has 0 aromatic carbocycles. The van der Waals surface area contributed by atoms with Crippen LogP contribution in [0.2, 0.25) is 0 Å². The first-order valence-corrected chi connectivity index (χ1v) is 4.00. The van der Waals surface area contributed by atoms with Crippen LogP contribution in [0.4, 0.5) is 0 Å². The average Bonchev–Trinajstić information content (AvgIpc) is 2.81. The van der Waals surface area contributed by atoms with E-state index in [1.54, 1.807) is 6.92 Å². The number of hydrogen-bond acceptors (Lipinski definition) is 3. The Balaban J connectivity index is 2.41. The van der Waals surface area contributed by atoms with E-state index in [4.69, 9.17) is 15.3 Å². The van der Waals surface area contributed by atoms with E-state index < -0.39 is 5.41 Å². The van der Waals surface area contributed by atoms with Crippen LogP contribution in [0.15, 0.2) is 0 Å². The standard InChI is InChI=1S/C9H12N2O/c1-8(5-10,6-11)3-4-9(2)7-12-9/h3-4,7H2,1-2H3. The van der Waals surface area contributed by atoms with E-state index in [0.29, 0.717) is 6.42 Å². The molecule has 1 saturated heterocycles. The van der Waals surface area contributed by atoms with Crippen molar-refractivity contribution >= 4 is 0 Å². The first kappa shape index (κ1) is 9.03. The molecule has 1 aliphatic rings. The third-order valence-electron chi connectivity index (χ3n) is 2.28. The molecule has 1 rings (SSSR count). The van der Waals surface area contributed by atoms with Gasteiger partial charge < -0.3 is 4.74 Å². The summed E-state index contributed by atoms with van der Waals surface area (Å²) in [4.78, 5) is 0. The van der Waals surface area contributed by atoms with Crippen LogP contribution in [-0.4, -0.2) is 12.2 Å². The predicted octanol–water partition coefficient (Wildman–Crippen LogP) is 1.61. The minimum Gasteiger partial charge on any atom is -0.370 e. The van der Waals surface area contributed by atoms with Crippen molar-refractivity contribution in [3.8, 4) is 12.1 Å². The smallest absolute Gasteiger partial charge is 0.141 e. The van der Waals surface area contributed by atoms with Crippen molar-refractivity contribution in [1.82, 2.24) is 0 Å². The Morgan fingerprint density at radius 3 is 2.33 bits per heavy atom. The summed E-state index contributed by atoms with van der Waals surface area (Å²) in [5.74, 6) is 0. The molecule has 1 fully saturated rings. The van der Waals surface area contributed by atoms with E-state index >= 15 is 0 Å². The Bertz CT molecular complexity index is 241. The fraction of sp³-hybridized carbons (Fsp3) is 0.778. The normalized spacial score (nSPS) is 27.3. The van der Waals surface area contributed by atoms with Crippen LogP contribution in [0.1, 0.15) is 26.7 Å². The number of ether oxygens (including phenoxy) is 1. The Morgan fingerprint density at radius 1 is 1.50 bits per heavy atom. The molecule has 1 heterocycles. The highest BCUT2D eigenvalue weighted by Gasteiger charge is 2.41. The number of hydrogen-bond donors (Lipinski definition) is 0. The highest BCUT2D eigenvalue weighted by atomic mass is 16.6. The van der Waals surface area contributed by atoms with Crippen LogP contribution >= 0.6 is 0 Å². The molecule has 3 heteroatoms. The molecule has 0 bridgehead atoms. The second-order valence-electron chi connectivity index (χ2n) is 3.79. The Kier molecular flexibility index (Phi) is 2.08. The van der Waals surface area contributed by atoms with Gasteiger partial charge in [0, 0.05) is 0 Å². The van der Waals surface area contributed by atoms with Crippen LogP contribution in [0.25, 0.3) is 0 Å². The number of rotatable bonds is 3. The maximum Gasteiger partial charge on any atom is 0.141 e. The van der Waals surface area contributed by atoms with Crippen LogP contribution < -0.4 is 0 Å². The lowest BCUT2D eigenvalue weighted by Crippen LogP contribution is -2.15. The van der Waals surface area contributed by atoms with Crippen molar-refractivity contribution in [2.45, 2.75) is 32.3 Å². The lowest BCUT2D eigenvalue weighted by atomic mass is 9.86. The van der Waals surface area contributed by atoms with E-state index in [1.807, 2.05) is 19.1 Å². The summed E-state index contributed by atoms with van der Waals surface area (Å²) in [6.07, 6.45) is 1.39. The summed E-state index contributed by atoms with van der Waals surface area (Å²) >= 11 is 0. The van der Waals surface area contributed by atoms with Gasteiger partial charge in [0.25, 0.3) is 0 Å². The van der Waals surface area contributed by atoms with Crippen LogP contribution in [0.3, 0.4) is 0 Å². The lowest BCUT2D eigenvalue weighted by molar-refractivity contribution is 0.287. The van der Waals surface area contributed by atoms with Gasteiger partial charge in [-0.05, 0) is 26.7 Å². The second kappa shape index (κ2) is 2.77. The fourth-order valence-corrected chi connectivity index (χ4v) is 0.919. The number of epoxide rings is 1. The molecule has 0 spiro atoms. The molecule has 3 nitrogen and oxygen atoms in total. The van der Waals surface area contributed by atoms with Gasteiger partial charge in [0.1, 0.15) is 5.41 Å². The van der Waals surface area contributed by atoms with Gasteiger partial charge in [0.05, 0.1) is 24.3 Å². The van der Waals surface area contributed by atoms with Gasteiger partial charge in [0.2, 0.25) is 0 Å². The highest BCUT2D eigenvalue weighted by molar-refractivity contribution is 5.11. The first-order chi connectivity index (χ1) is 5.54. The molecule has 0 N–H and O–H groups in total. The van der Waals surface area contributed by atoms with Crippen molar-refractivity contribution in [3.05, 3.63) is 0 Å². The van der Waals surface area contributed by atoms with Gasteiger partial charge in [-0.1, -0.05) is 0 Å². The molecule has 0 amide bonds. The van der Waals surface area contributed by atoms with Gasteiger partial charge in [-0.15, -0.1) is 0 Å². The van der Waals surface area contributed by atoms with Crippen molar-refractivity contribution in [3.63, 3.8) is 0 Å². The molecule has 0 aliphatic carbocycles. The molecule has 0 aromatic heterocycles. The summed E-state index contributed by atoms with van der Waals surface area (Å²) in [5, 5.41) is 17.4. The number of nitriles is 2. The summed E-state index contributed by atoms with van der Waals surface area (Å²) in [7, 11) is 0. The van der Waals surface area contributed by atoms with E-state index in [-0.39, 0.29) is 5.60 Å². The van der Waals surface area contributed by atoms with Gasteiger partial charge in [-0.25, -0.2) is 0 Å². The van der Waals surface area contributed by atoms with Crippen molar-refractivity contribution in [1.29, 1.82) is 10.5 Å². The molecule has 1 atom stereocenters. The zero-order valence-corrected chi connectivity index (χ0v) is 7.42. The predicted molar refractivity (Wildman–Crippen MR) is 42.9 cm³/mol. The van der Waals surface area contributed by atoms with Crippen LogP contribution in [-0.2, 0) is 4.74 Å². The molecule has 0 aromatic rings. The van der Waals surface area contributed by atoms with Gasteiger partial charge in [-0.2, -0.15) is 10.5 Å². The van der Waals surface area contributed by atoms with Gasteiger partial charge in [0.15, 0.2) is 0 Å². The van der Waals surface area contributed by atoms with Gasteiger partial charge >= 0.3 is 0 Å². The number of nitrogens with zero attached hydrogens (tertiary/aromatic N) is 2. The largest absolute Gasteiger partial charge is 0.370 e. The molecule has 12 heavy (non-hydrogen) atoms. The second-order valence-corrected chi connectivity index (χ2v) is 3.79. The third kappa shape index (κ3) is 1.96. The molecular formula is C9H12N2O. The third-order valence-corrected chi connectivity index (χ3v) is 2.28. The minimum atomic E-state index is -0.838. The maximum atomic E-state index is 8.69. The van der Waals surface area contributed by atoms with Crippen LogP contribution in [0.5, 0.6) is 0 Å². The lowest BCUT2D eigenvalue weighted by Gasteiger charge is -2.12. The van der Waals surface area contributed by atoms with Crippen molar-refractivity contribution in [2.24, 2.45) is 5.41 Å². The van der Waals surface area contributed by atoms with E-state index in [9.17, 15) is 0 Å². The van der Waals surface area contributed by atoms with Crippen molar-refractivity contribution < 1.29 is 4.74 Å². The summed E-state index contributed by atoms with van der Waals surface area (Å²) in [6.45, 7) is 4.43. The fourth-order valence-electron chi connectivity index (χ4n) is 0.919. The Hall–Kier alpha value is -1.06. The van der Waals surface area contributed by atoms with Gasteiger partial charge in [-0.3, -0.25) is 0 Å². The van der Waals surface area contributed by atoms with Crippen LogP contribution in [0, 0.1) is 28.1 Å². The maximum absolute atomic E-state index is 8.69. The van der Waals surface area contributed by atoms with Crippen molar-refractivity contribution in [2.75, 3.05) is 6.61 Å². The molecular weight excluding hydrogens is 152 g/mol. The minimum absolute atomic E-state index is 0.0467. The van der Waals surface area contributed by atoms with E-state index in [2.05, 4.69) is 0 Å². The molecule has 64 valence electrons. The zero-order chi connectivity index (χ0) is 9.24.